The van der Waals surface area contributed by atoms with Gasteiger partial charge in [0.2, 0.25) is 0 Å². The summed E-state index contributed by atoms with van der Waals surface area (Å²) in [6.07, 6.45) is 1.55. The van der Waals surface area contributed by atoms with E-state index in [1.807, 2.05) is 0 Å². The molecule has 142 valence electrons. The average molecular weight is 405 g/mol. The zero-order valence-electron chi connectivity index (χ0n) is 13.8. The first kappa shape index (κ1) is 17.9. The van der Waals surface area contributed by atoms with Gasteiger partial charge in [-0.05, 0) is 24.3 Å². The molecular weight excluding hydrogens is 395 g/mol. The minimum atomic E-state index is -4.77. The van der Waals surface area contributed by atoms with Crippen molar-refractivity contribution in [3.8, 4) is 11.6 Å². The summed E-state index contributed by atoms with van der Waals surface area (Å²) in [6, 6.07) is 7.04. The van der Waals surface area contributed by atoms with Crippen molar-refractivity contribution in [1.29, 1.82) is 0 Å². The van der Waals surface area contributed by atoms with Crippen LogP contribution in [0.15, 0.2) is 55.2 Å². The fourth-order valence-corrected chi connectivity index (χ4v) is 3.28. The molecule has 0 atom stereocenters. The number of halogens is 3. The molecule has 7 nitrogen and oxygen atoms in total. The standard InChI is InChI=1S/C17H10F3N5O2S/c18-17(19,20)27-11-2-3-12-13(7-11)28-16(23-12)24-15(26)10-1-4-14(22-8-10)25-6-5-21-9-25/h1-9H,(H,23,24,26). The van der Waals surface area contributed by atoms with Crippen molar-refractivity contribution < 1.29 is 22.7 Å². The molecule has 0 fully saturated rings. The predicted octanol–water partition coefficient (Wildman–Crippen LogP) is 4.03. The second-order valence-electron chi connectivity index (χ2n) is 5.53. The van der Waals surface area contributed by atoms with Gasteiger partial charge in [0, 0.05) is 24.7 Å². The summed E-state index contributed by atoms with van der Waals surface area (Å²) in [6.45, 7) is 0. The lowest BCUT2D eigenvalue weighted by Gasteiger charge is -2.07. The van der Waals surface area contributed by atoms with Crippen molar-refractivity contribution in [2.45, 2.75) is 6.36 Å². The van der Waals surface area contributed by atoms with E-state index in [1.54, 1.807) is 35.4 Å². The highest BCUT2D eigenvalue weighted by Crippen LogP contribution is 2.31. The van der Waals surface area contributed by atoms with E-state index in [0.29, 0.717) is 21.6 Å². The molecule has 0 saturated heterocycles. The summed E-state index contributed by atoms with van der Waals surface area (Å²) in [5.41, 5.74) is 0.757. The van der Waals surface area contributed by atoms with Crippen molar-refractivity contribution in [3.63, 3.8) is 0 Å². The van der Waals surface area contributed by atoms with Gasteiger partial charge in [0.1, 0.15) is 17.9 Å². The molecule has 1 amide bonds. The molecule has 0 unspecified atom stereocenters. The molecule has 11 heteroatoms. The third kappa shape index (κ3) is 3.93. The third-order valence-corrected chi connectivity index (χ3v) is 4.53. The highest BCUT2D eigenvalue weighted by Gasteiger charge is 2.31. The first-order valence-electron chi connectivity index (χ1n) is 7.79. The quantitative estimate of drug-likeness (QED) is 0.554. The monoisotopic (exact) mass is 405 g/mol. The number of thiazole rings is 1. The Balaban J connectivity index is 1.50. The smallest absolute Gasteiger partial charge is 0.406 e. The number of alkyl halides is 3. The topological polar surface area (TPSA) is 81.9 Å². The first-order valence-corrected chi connectivity index (χ1v) is 8.61. The molecule has 4 rings (SSSR count). The van der Waals surface area contributed by atoms with Gasteiger partial charge >= 0.3 is 6.36 Å². The van der Waals surface area contributed by atoms with Gasteiger partial charge in [-0.15, -0.1) is 13.2 Å². The van der Waals surface area contributed by atoms with Gasteiger partial charge in [-0.1, -0.05) is 11.3 Å². The van der Waals surface area contributed by atoms with Crippen molar-refractivity contribution in [2.24, 2.45) is 0 Å². The average Bonchev–Trinajstić information content (AvgIpc) is 3.29. The maximum atomic E-state index is 12.4. The van der Waals surface area contributed by atoms with E-state index < -0.39 is 12.3 Å². The molecule has 0 aliphatic rings. The Morgan fingerprint density at radius 1 is 1.21 bits per heavy atom. The van der Waals surface area contributed by atoms with Crippen LogP contribution in [0.4, 0.5) is 18.3 Å². The van der Waals surface area contributed by atoms with Crippen LogP contribution in [-0.2, 0) is 0 Å². The van der Waals surface area contributed by atoms with E-state index in [9.17, 15) is 18.0 Å². The number of hydrogen-bond acceptors (Lipinski definition) is 6. The van der Waals surface area contributed by atoms with Crippen LogP contribution in [0.5, 0.6) is 5.75 Å². The minimum absolute atomic E-state index is 0.253. The summed E-state index contributed by atoms with van der Waals surface area (Å²) in [7, 11) is 0. The highest BCUT2D eigenvalue weighted by atomic mass is 32.1. The fourth-order valence-electron chi connectivity index (χ4n) is 2.39. The SMILES string of the molecule is O=C(Nc1nc2ccc(OC(F)(F)F)cc2s1)c1ccc(-n2ccnc2)nc1. The van der Waals surface area contributed by atoms with Crippen LogP contribution in [-0.4, -0.2) is 31.8 Å². The minimum Gasteiger partial charge on any atom is -0.406 e. The Labute approximate surface area is 159 Å². The number of carbonyl (C=O) groups excluding carboxylic acids is 1. The highest BCUT2D eigenvalue weighted by molar-refractivity contribution is 7.22. The lowest BCUT2D eigenvalue weighted by Crippen LogP contribution is -2.16. The van der Waals surface area contributed by atoms with Crippen LogP contribution in [0.25, 0.3) is 16.0 Å². The van der Waals surface area contributed by atoms with E-state index in [2.05, 4.69) is 25.0 Å². The first-order chi connectivity index (χ1) is 13.4. The maximum absolute atomic E-state index is 12.4. The second kappa shape index (κ2) is 6.93. The molecule has 28 heavy (non-hydrogen) atoms. The summed E-state index contributed by atoms with van der Waals surface area (Å²) in [5.74, 6) is -0.178. The Morgan fingerprint density at radius 3 is 2.75 bits per heavy atom. The largest absolute Gasteiger partial charge is 0.573 e. The number of rotatable bonds is 4. The number of carbonyl (C=O) groups is 1. The molecule has 1 aromatic carbocycles. The number of nitrogens with one attached hydrogen (secondary N) is 1. The third-order valence-electron chi connectivity index (χ3n) is 3.59. The van der Waals surface area contributed by atoms with E-state index in [4.69, 9.17) is 0 Å². The van der Waals surface area contributed by atoms with E-state index in [1.165, 1.54) is 24.4 Å². The summed E-state index contributed by atoms with van der Waals surface area (Å²) < 4.78 is 43.0. The second-order valence-corrected chi connectivity index (χ2v) is 6.56. The zero-order chi connectivity index (χ0) is 19.7. The number of anilines is 1. The molecule has 0 aliphatic heterocycles. The molecule has 3 heterocycles. The summed E-state index contributed by atoms with van der Waals surface area (Å²) >= 11 is 1.04. The van der Waals surface area contributed by atoms with Gasteiger partial charge in [0.25, 0.3) is 5.91 Å². The van der Waals surface area contributed by atoms with Crippen molar-refractivity contribution in [2.75, 3.05) is 5.32 Å². The van der Waals surface area contributed by atoms with Crippen LogP contribution in [0.3, 0.4) is 0 Å². The predicted molar refractivity (Wildman–Crippen MR) is 95.6 cm³/mol. The number of aromatic nitrogens is 4. The van der Waals surface area contributed by atoms with Crippen LogP contribution in [0.1, 0.15) is 10.4 Å². The maximum Gasteiger partial charge on any atom is 0.573 e. The molecule has 0 radical (unpaired) electrons. The summed E-state index contributed by atoms with van der Waals surface area (Å²) in [5, 5.41) is 2.87. The van der Waals surface area contributed by atoms with E-state index >= 15 is 0 Å². The molecular formula is C17H10F3N5O2S. The van der Waals surface area contributed by atoms with Gasteiger partial charge < -0.3 is 4.74 Å². The van der Waals surface area contributed by atoms with Crippen LogP contribution in [0, 0.1) is 0 Å². The van der Waals surface area contributed by atoms with Gasteiger partial charge in [-0.2, -0.15) is 0 Å². The number of ether oxygens (including phenoxy) is 1. The number of imidazole rings is 1. The van der Waals surface area contributed by atoms with Crippen LogP contribution < -0.4 is 10.1 Å². The molecule has 0 aliphatic carbocycles. The van der Waals surface area contributed by atoms with Gasteiger partial charge in [-0.3, -0.25) is 14.7 Å². The number of fused-ring (bicyclic) bond motifs is 1. The molecule has 0 spiro atoms. The van der Waals surface area contributed by atoms with Crippen LogP contribution in [0.2, 0.25) is 0 Å². The molecule has 0 bridgehead atoms. The number of nitrogens with zero attached hydrogens (tertiary/aromatic N) is 4. The van der Waals surface area contributed by atoms with E-state index in [0.717, 1.165) is 11.3 Å². The van der Waals surface area contributed by atoms with Crippen molar-refractivity contribution >= 4 is 32.6 Å². The van der Waals surface area contributed by atoms with Gasteiger partial charge in [0.05, 0.1) is 15.8 Å². The Hall–Kier alpha value is -3.47. The van der Waals surface area contributed by atoms with Gasteiger partial charge in [-0.25, -0.2) is 15.0 Å². The molecule has 4 aromatic rings. The van der Waals surface area contributed by atoms with Crippen molar-refractivity contribution in [3.05, 3.63) is 60.8 Å². The number of hydrogen-bond donors (Lipinski definition) is 1. The van der Waals surface area contributed by atoms with Crippen LogP contribution >= 0.6 is 11.3 Å². The lowest BCUT2D eigenvalue weighted by atomic mass is 10.2. The van der Waals surface area contributed by atoms with Gasteiger partial charge in [0.15, 0.2) is 5.13 Å². The fraction of sp³-hybridized carbons (Fsp3) is 0.0588. The number of amides is 1. The Morgan fingerprint density at radius 2 is 2.07 bits per heavy atom. The lowest BCUT2D eigenvalue weighted by molar-refractivity contribution is -0.274. The Bertz CT molecular complexity index is 1120. The normalized spacial score (nSPS) is 11.5. The molecule has 3 aromatic heterocycles. The molecule has 1 N–H and O–H groups in total. The number of benzene rings is 1. The van der Waals surface area contributed by atoms with Crippen molar-refractivity contribution in [1.82, 2.24) is 19.5 Å². The molecule has 0 saturated carbocycles. The zero-order valence-corrected chi connectivity index (χ0v) is 14.7. The number of pyridine rings is 1. The summed E-state index contributed by atoms with van der Waals surface area (Å²) in [4.78, 5) is 24.7. The Kier molecular flexibility index (Phi) is 4.43. The van der Waals surface area contributed by atoms with E-state index in [-0.39, 0.29) is 10.9 Å².